The largest absolute Gasteiger partial charge is 0.306 e. The molecule has 0 saturated carbocycles. The van der Waals surface area contributed by atoms with Crippen LogP contribution in [0.15, 0.2) is 59.3 Å². The molecule has 5 nitrogen and oxygen atoms in total. The lowest BCUT2D eigenvalue weighted by molar-refractivity contribution is 0.102. The number of anilines is 1. The van der Waals surface area contributed by atoms with Crippen molar-refractivity contribution >= 4 is 27.7 Å². The Kier molecular flexibility index (Phi) is 4.02. The van der Waals surface area contributed by atoms with Crippen LogP contribution in [0, 0.1) is 6.92 Å². The first-order valence-corrected chi connectivity index (χ1v) is 7.47. The van der Waals surface area contributed by atoms with Crippen LogP contribution in [0.25, 0.3) is 5.69 Å². The molecule has 0 radical (unpaired) electrons. The standard InChI is InChI=1S/C16H13BrN4O/c1-11-14(16(22)20-15-4-2-3-9-18-15)10-19-21(11)13-7-5-12(17)6-8-13/h2-10H,1H3,(H,18,20,22). The Hall–Kier alpha value is -2.47. The minimum absolute atomic E-state index is 0.223. The number of carbonyl (C=O) groups excluding carboxylic acids is 1. The van der Waals surface area contributed by atoms with Crippen molar-refractivity contribution in [2.24, 2.45) is 0 Å². The highest BCUT2D eigenvalue weighted by Crippen LogP contribution is 2.18. The van der Waals surface area contributed by atoms with Crippen LogP contribution < -0.4 is 5.32 Å². The molecule has 22 heavy (non-hydrogen) atoms. The predicted octanol–water partition coefficient (Wildman–Crippen LogP) is 3.59. The van der Waals surface area contributed by atoms with E-state index < -0.39 is 0 Å². The summed E-state index contributed by atoms with van der Waals surface area (Å²) in [6.07, 6.45) is 3.20. The third-order valence-corrected chi connectivity index (χ3v) is 3.76. The molecule has 0 saturated heterocycles. The Morgan fingerprint density at radius 3 is 2.64 bits per heavy atom. The first-order chi connectivity index (χ1) is 10.6. The van der Waals surface area contributed by atoms with Gasteiger partial charge in [0.05, 0.1) is 23.1 Å². The molecule has 0 aliphatic carbocycles. The van der Waals surface area contributed by atoms with Crippen molar-refractivity contribution in [2.45, 2.75) is 6.92 Å². The first-order valence-electron chi connectivity index (χ1n) is 6.68. The van der Waals surface area contributed by atoms with Crippen LogP contribution in [-0.4, -0.2) is 20.7 Å². The summed E-state index contributed by atoms with van der Waals surface area (Å²) >= 11 is 3.40. The molecule has 2 heterocycles. The molecule has 0 spiro atoms. The molecule has 1 amide bonds. The van der Waals surface area contributed by atoms with Gasteiger partial charge >= 0.3 is 0 Å². The van der Waals surface area contributed by atoms with Crippen molar-refractivity contribution in [3.63, 3.8) is 0 Å². The summed E-state index contributed by atoms with van der Waals surface area (Å²) < 4.78 is 2.73. The smallest absolute Gasteiger partial charge is 0.260 e. The van der Waals surface area contributed by atoms with Crippen LogP contribution >= 0.6 is 15.9 Å². The summed E-state index contributed by atoms with van der Waals surface area (Å²) in [7, 11) is 0. The Labute approximate surface area is 136 Å². The maximum absolute atomic E-state index is 12.3. The zero-order valence-corrected chi connectivity index (χ0v) is 13.4. The molecule has 2 aromatic heterocycles. The molecular formula is C16H13BrN4O. The van der Waals surface area contributed by atoms with E-state index in [1.165, 1.54) is 0 Å². The zero-order chi connectivity index (χ0) is 15.5. The van der Waals surface area contributed by atoms with Crippen molar-refractivity contribution in [1.82, 2.24) is 14.8 Å². The predicted molar refractivity (Wildman–Crippen MR) is 88.2 cm³/mol. The van der Waals surface area contributed by atoms with Gasteiger partial charge in [-0.1, -0.05) is 22.0 Å². The van der Waals surface area contributed by atoms with E-state index in [0.717, 1.165) is 15.9 Å². The van der Waals surface area contributed by atoms with Crippen LogP contribution in [0.3, 0.4) is 0 Å². The summed E-state index contributed by atoms with van der Waals surface area (Å²) in [4.78, 5) is 16.4. The molecule has 1 N–H and O–H groups in total. The SMILES string of the molecule is Cc1c(C(=O)Nc2ccccn2)cnn1-c1ccc(Br)cc1. The third-order valence-electron chi connectivity index (χ3n) is 3.23. The fraction of sp³-hybridized carbons (Fsp3) is 0.0625. The van der Waals surface area contributed by atoms with Crippen LogP contribution in [-0.2, 0) is 0 Å². The Balaban J connectivity index is 1.87. The number of nitrogens with one attached hydrogen (secondary N) is 1. The number of aromatic nitrogens is 3. The number of halogens is 1. The molecule has 0 aliphatic heterocycles. The topological polar surface area (TPSA) is 59.8 Å². The van der Waals surface area contributed by atoms with E-state index >= 15 is 0 Å². The van der Waals surface area contributed by atoms with Gasteiger partial charge in [0.25, 0.3) is 5.91 Å². The van der Waals surface area contributed by atoms with Gasteiger partial charge in [-0.3, -0.25) is 4.79 Å². The minimum atomic E-state index is -0.223. The van der Waals surface area contributed by atoms with Gasteiger partial charge in [0.1, 0.15) is 5.82 Å². The molecule has 6 heteroatoms. The molecule has 1 aromatic carbocycles. The summed E-state index contributed by atoms with van der Waals surface area (Å²) in [5.74, 6) is 0.294. The lowest BCUT2D eigenvalue weighted by Gasteiger charge is -2.06. The van der Waals surface area contributed by atoms with E-state index in [2.05, 4.69) is 31.3 Å². The van der Waals surface area contributed by atoms with Gasteiger partial charge in [-0.05, 0) is 43.3 Å². The van der Waals surface area contributed by atoms with Gasteiger partial charge in [0.15, 0.2) is 0 Å². The summed E-state index contributed by atoms with van der Waals surface area (Å²) in [6, 6.07) is 13.1. The van der Waals surface area contributed by atoms with E-state index in [9.17, 15) is 4.79 Å². The van der Waals surface area contributed by atoms with Crippen molar-refractivity contribution < 1.29 is 4.79 Å². The van der Waals surface area contributed by atoms with Gasteiger partial charge in [-0.25, -0.2) is 9.67 Å². The maximum atomic E-state index is 12.3. The number of amides is 1. The molecule has 110 valence electrons. The van der Waals surface area contributed by atoms with Gasteiger partial charge in [0, 0.05) is 10.7 Å². The molecule has 0 atom stereocenters. The van der Waals surface area contributed by atoms with E-state index in [-0.39, 0.29) is 5.91 Å². The average Bonchev–Trinajstić information content (AvgIpc) is 2.91. The van der Waals surface area contributed by atoms with E-state index in [0.29, 0.717) is 11.4 Å². The summed E-state index contributed by atoms with van der Waals surface area (Å²) in [6.45, 7) is 1.86. The Morgan fingerprint density at radius 2 is 1.95 bits per heavy atom. The van der Waals surface area contributed by atoms with Gasteiger partial charge in [-0.2, -0.15) is 5.10 Å². The van der Waals surface area contributed by atoms with E-state index in [1.807, 2.05) is 37.3 Å². The van der Waals surface area contributed by atoms with Crippen molar-refractivity contribution in [2.75, 3.05) is 5.32 Å². The van der Waals surface area contributed by atoms with Gasteiger partial charge in [-0.15, -0.1) is 0 Å². The number of pyridine rings is 1. The lowest BCUT2D eigenvalue weighted by Crippen LogP contribution is -2.13. The highest BCUT2D eigenvalue weighted by Gasteiger charge is 2.15. The lowest BCUT2D eigenvalue weighted by atomic mass is 10.2. The molecule has 0 bridgehead atoms. The summed E-state index contributed by atoms with van der Waals surface area (Å²) in [5.41, 5.74) is 2.20. The monoisotopic (exact) mass is 356 g/mol. The fourth-order valence-electron chi connectivity index (χ4n) is 2.10. The number of benzene rings is 1. The van der Waals surface area contributed by atoms with Gasteiger partial charge < -0.3 is 5.32 Å². The fourth-order valence-corrected chi connectivity index (χ4v) is 2.36. The Morgan fingerprint density at radius 1 is 1.18 bits per heavy atom. The molecule has 3 rings (SSSR count). The third kappa shape index (κ3) is 2.92. The van der Waals surface area contributed by atoms with E-state index in [1.54, 1.807) is 29.2 Å². The normalized spacial score (nSPS) is 10.5. The van der Waals surface area contributed by atoms with Crippen molar-refractivity contribution in [3.8, 4) is 5.69 Å². The van der Waals surface area contributed by atoms with E-state index in [4.69, 9.17) is 0 Å². The number of rotatable bonds is 3. The molecule has 3 aromatic rings. The number of carbonyl (C=O) groups is 1. The summed E-state index contributed by atoms with van der Waals surface area (Å²) in [5, 5.41) is 7.06. The number of hydrogen-bond donors (Lipinski definition) is 1. The maximum Gasteiger partial charge on any atom is 0.260 e. The van der Waals surface area contributed by atoms with Crippen LogP contribution in [0.1, 0.15) is 16.1 Å². The second-order valence-corrected chi connectivity index (χ2v) is 5.62. The molecule has 0 fully saturated rings. The average molecular weight is 357 g/mol. The van der Waals surface area contributed by atoms with Gasteiger partial charge in [0.2, 0.25) is 0 Å². The van der Waals surface area contributed by atoms with Crippen LogP contribution in [0.4, 0.5) is 5.82 Å². The first kappa shape index (κ1) is 14.5. The number of nitrogens with zero attached hydrogens (tertiary/aromatic N) is 3. The highest BCUT2D eigenvalue weighted by molar-refractivity contribution is 9.10. The zero-order valence-electron chi connectivity index (χ0n) is 11.8. The van der Waals surface area contributed by atoms with Crippen LogP contribution in [0.2, 0.25) is 0 Å². The second kappa shape index (κ2) is 6.11. The Bertz CT molecular complexity index is 797. The highest BCUT2D eigenvalue weighted by atomic mass is 79.9. The molecule has 0 unspecified atom stereocenters. The second-order valence-electron chi connectivity index (χ2n) is 4.70. The van der Waals surface area contributed by atoms with Crippen molar-refractivity contribution in [1.29, 1.82) is 0 Å². The van der Waals surface area contributed by atoms with Crippen molar-refractivity contribution in [3.05, 3.63) is 70.6 Å². The van der Waals surface area contributed by atoms with Crippen LogP contribution in [0.5, 0.6) is 0 Å². The molecule has 0 aliphatic rings. The molecular weight excluding hydrogens is 344 g/mol. The quantitative estimate of drug-likeness (QED) is 0.779. The number of hydrogen-bond acceptors (Lipinski definition) is 3. The minimum Gasteiger partial charge on any atom is -0.306 e.